The molecule has 0 atom stereocenters. The molecule has 0 aromatic heterocycles. The molecule has 4 heteroatoms. The van der Waals surface area contributed by atoms with Crippen molar-refractivity contribution in [1.29, 1.82) is 0 Å². The normalized spacial score (nSPS) is 7.50. The largest absolute Gasteiger partial charge is 3.00 e. The van der Waals surface area contributed by atoms with Gasteiger partial charge in [0.15, 0.2) is 0 Å². The van der Waals surface area contributed by atoms with Crippen LogP contribution in [-0.4, -0.2) is 8.07 Å². The first-order chi connectivity index (χ1) is 2.00. The van der Waals surface area contributed by atoms with Crippen molar-refractivity contribution in [3.05, 3.63) is 6.55 Å². The van der Waals surface area contributed by atoms with Crippen LogP contribution in [-0.2, 0) is 0 Å². The number of halogens is 2. The van der Waals surface area contributed by atoms with Crippen molar-refractivity contribution in [1.82, 2.24) is 0 Å². The fraction of sp³-hybridized carbons (Fsp3) is 0.750. The van der Waals surface area contributed by atoms with E-state index in [1.54, 1.807) is 0 Å². The van der Waals surface area contributed by atoms with Gasteiger partial charge in [-0.05, 0) is 0 Å². The predicted molar refractivity (Wildman–Crippen MR) is 28.7 cm³/mol. The molecule has 49 valence electrons. The molecule has 0 saturated heterocycles. The second-order valence-electron chi connectivity index (χ2n) is 2.56. The van der Waals surface area contributed by atoms with E-state index in [-0.39, 0.29) is 66.6 Å². The first kappa shape index (κ1) is 22.5. The van der Waals surface area contributed by atoms with Gasteiger partial charge in [0, 0.05) is 0 Å². The van der Waals surface area contributed by atoms with Crippen LogP contribution in [0, 0.1) is 48.3 Å². The zero-order valence-corrected chi connectivity index (χ0v) is 11.1. The van der Waals surface area contributed by atoms with E-state index in [0.29, 0.717) is 0 Å². The quantitative estimate of drug-likeness (QED) is 0.314. The molecule has 0 heterocycles. The summed E-state index contributed by atoms with van der Waals surface area (Å²) in [6, 6.07) is 0. The molecule has 1 radical (unpaired) electrons. The third-order valence-electron chi connectivity index (χ3n) is 0. The predicted octanol–water partition coefficient (Wildman–Crippen LogP) is -4.29. The van der Waals surface area contributed by atoms with E-state index in [2.05, 4.69) is 26.2 Å². The molecule has 0 spiro atoms. The van der Waals surface area contributed by atoms with Crippen molar-refractivity contribution in [3.63, 3.8) is 0 Å². The van der Waals surface area contributed by atoms with Gasteiger partial charge in [-0.1, -0.05) is 19.6 Å². The van der Waals surface area contributed by atoms with Crippen molar-refractivity contribution in [2.24, 2.45) is 0 Å². The van der Waals surface area contributed by atoms with Crippen molar-refractivity contribution < 1.29 is 66.6 Å². The Hall–Kier alpha value is 2.17. The zero-order chi connectivity index (χ0) is 4.50. The molecule has 0 saturated carbocycles. The number of rotatable bonds is 0. The van der Waals surface area contributed by atoms with Gasteiger partial charge in [0.2, 0.25) is 0 Å². The average Bonchev–Trinajstić information content (AvgIpc) is 0.722. The summed E-state index contributed by atoms with van der Waals surface area (Å²) in [5, 5.41) is 0. The van der Waals surface area contributed by atoms with Crippen LogP contribution in [0.4, 0.5) is 0 Å². The minimum Gasteiger partial charge on any atom is -1.00 e. The van der Waals surface area contributed by atoms with Gasteiger partial charge in [0.25, 0.3) is 0 Å². The fourth-order valence-corrected chi connectivity index (χ4v) is 0. The Morgan fingerprint density at radius 2 is 1.00 bits per heavy atom. The number of hydrogen-bond donors (Lipinski definition) is 0. The summed E-state index contributed by atoms with van der Waals surface area (Å²) in [4.78, 5) is 0. The van der Waals surface area contributed by atoms with E-state index < -0.39 is 8.07 Å². The summed E-state index contributed by atoms with van der Waals surface area (Å²) in [5.74, 6) is 0. The fourth-order valence-electron chi connectivity index (χ4n) is 0. The zero-order valence-electron chi connectivity index (χ0n) is 5.46. The van der Waals surface area contributed by atoms with Gasteiger partial charge in [0.05, 0.1) is 0 Å². The number of hydrogen-bond acceptors (Lipinski definition) is 0. The molecule has 0 aromatic carbocycles. The third kappa shape index (κ3) is 89.0. The molecule has 0 unspecified atom stereocenters. The Bertz CT molecular complexity index is 29.5. The van der Waals surface area contributed by atoms with Gasteiger partial charge in [-0.25, -0.2) is 0 Å². The maximum absolute atomic E-state index is 3.91. The van der Waals surface area contributed by atoms with E-state index in [0.717, 1.165) is 0 Å². The molecule has 0 aliphatic heterocycles. The van der Waals surface area contributed by atoms with Crippen LogP contribution in [0.5, 0.6) is 0 Å². The molecule has 0 rings (SSSR count). The molecule has 0 aliphatic rings. The maximum Gasteiger partial charge on any atom is 3.00 e. The SMILES string of the molecule is [CH2-][Si](C)(C)C.[Ce+3].[Cl-].[Cl-]. The van der Waals surface area contributed by atoms with Gasteiger partial charge in [-0.3, -0.25) is 0 Å². The Kier molecular flexibility index (Phi) is 25.8. The Balaban J connectivity index is -0.0000000267. The van der Waals surface area contributed by atoms with E-state index in [4.69, 9.17) is 0 Å². The Morgan fingerprint density at radius 1 is 1.00 bits per heavy atom. The van der Waals surface area contributed by atoms with Crippen LogP contribution in [0.25, 0.3) is 0 Å². The standard InChI is InChI=1S/C4H11Si.Ce.2ClH/c1-5(2,3)4;;;/h1H2,2-4H3;;2*1H/q-1;+3;;/p-2. The van der Waals surface area contributed by atoms with Gasteiger partial charge >= 0.3 is 41.7 Å². The summed E-state index contributed by atoms with van der Waals surface area (Å²) < 4.78 is 0. The summed E-state index contributed by atoms with van der Waals surface area (Å²) >= 11 is 0. The Morgan fingerprint density at radius 3 is 1.00 bits per heavy atom. The monoisotopic (exact) mass is 297 g/mol. The first-order valence-corrected chi connectivity index (χ1v) is 5.56. The summed E-state index contributed by atoms with van der Waals surface area (Å²) in [7, 11) is -0.861. The average molecular weight is 298 g/mol. The Labute approximate surface area is 99.4 Å². The summed E-state index contributed by atoms with van der Waals surface area (Å²) in [6.45, 7) is 10.6. The topological polar surface area (TPSA) is 0 Å². The summed E-state index contributed by atoms with van der Waals surface area (Å²) in [5.41, 5.74) is 0. The smallest absolute Gasteiger partial charge is 1.00 e. The minimum atomic E-state index is -0.861. The molecule has 0 aromatic rings. The van der Waals surface area contributed by atoms with Gasteiger partial charge in [-0.2, -0.15) is 0 Å². The second kappa shape index (κ2) is 9.17. The summed E-state index contributed by atoms with van der Waals surface area (Å²) in [6.07, 6.45) is 0. The van der Waals surface area contributed by atoms with Gasteiger partial charge < -0.3 is 31.4 Å². The van der Waals surface area contributed by atoms with Crippen LogP contribution >= 0.6 is 0 Å². The van der Waals surface area contributed by atoms with E-state index >= 15 is 0 Å². The molecule has 0 bridgehead atoms. The molecular formula is C4H11CeCl2Si. The van der Waals surface area contributed by atoms with Crippen molar-refractivity contribution in [2.45, 2.75) is 19.6 Å². The molecule has 0 fully saturated rings. The molecule has 0 amide bonds. The molecule has 0 nitrogen and oxygen atoms in total. The van der Waals surface area contributed by atoms with E-state index in [1.165, 1.54) is 0 Å². The van der Waals surface area contributed by atoms with Crippen LogP contribution in [0.3, 0.4) is 0 Å². The van der Waals surface area contributed by atoms with Crippen molar-refractivity contribution >= 4 is 8.07 Å². The van der Waals surface area contributed by atoms with Crippen LogP contribution in [0.15, 0.2) is 0 Å². The molecule has 0 N–H and O–H groups in total. The van der Waals surface area contributed by atoms with Crippen LogP contribution in [0.1, 0.15) is 0 Å². The van der Waals surface area contributed by atoms with Gasteiger partial charge in [-0.15, -0.1) is 8.07 Å². The van der Waals surface area contributed by atoms with Crippen LogP contribution < -0.4 is 24.8 Å². The van der Waals surface area contributed by atoms with E-state index in [9.17, 15) is 0 Å². The third-order valence-corrected chi connectivity index (χ3v) is 0. The minimum absolute atomic E-state index is 0. The van der Waals surface area contributed by atoms with Gasteiger partial charge in [0.1, 0.15) is 0 Å². The maximum atomic E-state index is 3.91. The second-order valence-corrected chi connectivity index (χ2v) is 7.68. The van der Waals surface area contributed by atoms with E-state index in [1.807, 2.05) is 0 Å². The molecular weight excluding hydrogens is 287 g/mol. The van der Waals surface area contributed by atoms with Crippen molar-refractivity contribution in [3.8, 4) is 0 Å². The van der Waals surface area contributed by atoms with Crippen LogP contribution in [0.2, 0.25) is 19.6 Å². The first-order valence-electron chi connectivity index (χ1n) is 1.85. The molecule has 0 aliphatic carbocycles. The van der Waals surface area contributed by atoms with Crippen molar-refractivity contribution in [2.75, 3.05) is 0 Å². The molecule has 8 heavy (non-hydrogen) atoms.